The van der Waals surface area contributed by atoms with Crippen molar-refractivity contribution in [2.24, 2.45) is 10.1 Å². The number of nitrogens with zero attached hydrogens (tertiary/aromatic N) is 3. The van der Waals surface area contributed by atoms with Gasteiger partial charge in [0, 0.05) is 13.3 Å². The molecule has 80 valence electrons. The van der Waals surface area contributed by atoms with E-state index in [2.05, 4.69) is 31.5 Å². The normalized spacial score (nSPS) is 12.0. The fourth-order valence-corrected chi connectivity index (χ4v) is 1.02. The first-order valence-electron chi connectivity index (χ1n) is 4.24. The number of hydrogen-bond donors (Lipinski definition) is 2. The van der Waals surface area contributed by atoms with Gasteiger partial charge in [-0.05, 0) is 6.08 Å². The minimum Gasteiger partial charge on any atom is -0.399 e. The first-order chi connectivity index (χ1) is 7.22. The van der Waals surface area contributed by atoms with Crippen molar-refractivity contribution < 1.29 is 4.84 Å². The van der Waals surface area contributed by atoms with Gasteiger partial charge >= 0.3 is 0 Å². The molecule has 6 heteroatoms. The summed E-state index contributed by atoms with van der Waals surface area (Å²) in [4.78, 5) is 15.5. The highest BCUT2D eigenvalue weighted by Crippen LogP contribution is 2.07. The molecule has 0 amide bonds. The molecule has 0 unspecified atom stereocenters. The SMILES string of the molecule is C=C/C(=N\OC)c1nc(N)c(C=NC)[nH]1. The Morgan fingerprint density at radius 3 is 2.93 bits per heavy atom. The molecule has 1 aromatic rings. The molecule has 1 heterocycles. The molecule has 0 bridgehead atoms. The molecule has 0 aromatic carbocycles. The molecule has 0 radical (unpaired) electrons. The highest BCUT2D eigenvalue weighted by molar-refractivity contribution is 6.06. The fourth-order valence-electron chi connectivity index (χ4n) is 1.02. The third-order valence-corrected chi connectivity index (χ3v) is 1.65. The molecule has 3 N–H and O–H groups in total. The summed E-state index contributed by atoms with van der Waals surface area (Å²) in [5.74, 6) is 0.862. The molecule has 0 aliphatic carbocycles. The van der Waals surface area contributed by atoms with Crippen LogP contribution >= 0.6 is 0 Å². The molecule has 0 spiro atoms. The van der Waals surface area contributed by atoms with Gasteiger partial charge in [-0.1, -0.05) is 11.7 Å². The Labute approximate surface area is 87.6 Å². The minimum atomic E-state index is 0.362. The average Bonchev–Trinajstić information content (AvgIpc) is 2.57. The zero-order valence-electron chi connectivity index (χ0n) is 8.69. The van der Waals surface area contributed by atoms with Crippen molar-refractivity contribution in [3.05, 3.63) is 24.2 Å². The predicted molar refractivity (Wildman–Crippen MR) is 60.3 cm³/mol. The second-order valence-corrected chi connectivity index (χ2v) is 2.63. The van der Waals surface area contributed by atoms with Gasteiger partial charge in [0.15, 0.2) is 11.6 Å². The standard InChI is InChI=1S/C9H13N5O/c1-4-6(14-15-3)9-12-7(5-11-2)8(10)13-9/h4-5H,1,10H2,2-3H3,(H,12,13)/b11-5?,14-6+. The highest BCUT2D eigenvalue weighted by Gasteiger charge is 2.09. The van der Waals surface area contributed by atoms with Crippen molar-refractivity contribution in [3.63, 3.8) is 0 Å². The number of nitrogens with one attached hydrogen (secondary N) is 1. The van der Waals surface area contributed by atoms with Crippen LogP contribution in [0.5, 0.6) is 0 Å². The lowest BCUT2D eigenvalue weighted by atomic mass is 10.3. The number of H-pyrrole nitrogens is 1. The maximum atomic E-state index is 5.65. The summed E-state index contributed by atoms with van der Waals surface area (Å²) >= 11 is 0. The quantitative estimate of drug-likeness (QED) is 0.559. The third kappa shape index (κ3) is 2.43. The van der Waals surface area contributed by atoms with Gasteiger partial charge in [-0.2, -0.15) is 0 Å². The Balaban J connectivity index is 3.10. The Bertz CT molecular complexity index is 405. The van der Waals surface area contributed by atoms with Gasteiger partial charge in [-0.3, -0.25) is 4.99 Å². The van der Waals surface area contributed by atoms with Crippen LogP contribution in [0, 0.1) is 0 Å². The number of aromatic amines is 1. The van der Waals surface area contributed by atoms with Crippen LogP contribution in [0.4, 0.5) is 5.82 Å². The van der Waals surface area contributed by atoms with Gasteiger partial charge in [0.25, 0.3) is 0 Å². The van der Waals surface area contributed by atoms with Crippen molar-refractivity contribution in [3.8, 4) is 0 Å². The summed E-state index contributed by atoms with van der Waals surface area (Å²) in [5, 5.41) is 3.73. The van der Waals surface area contributed by atoms with Crippen molar-refractivity contribution in [1.29, 1.82) is 0 Å². The lowest BCUT2D eigenvalue weighted by molar-refractivity contribution is 0.214. The molecule has 0 saturated carbocycles. The minimum absolute atomic E-state index is 0.362. The molecule has 1 rings (SSSR count). The van der Waals surface area contributed by atoms with Gasteiger partial charge < -0.3 is 15.6 Å². The molecule has 1 aromatic heterocycles. The Hall–Kier alpha value is -2.11. The van der Waals surface area contributed by atoms with Gasteiger partial charge in [-0.15, -0.1) is 0 Å². The highest BCUT2D eigenvalue weighted by atomic mass is 16.6. The summed E-state index contributed by atoms with van der Waals surface area (Å²) in [6.07, 6.45) is 3.11. The molecule has 0 fully saturated rings. The zero-order chi connectivity index (χ0) is 11.3. The van der Waals surface area contributed by atoms with E-state index in [-0.39, 0.29) is 0 Å². The predicted octanol–water partition coefficient (Wildman–Crippen LogP) is 0.577. The first kappa shape index (κ1) is 11.0. The van der Waals surface area contributed by atoms with Crippen molar-refractivity contribution in [2.45, 2.75) is 0 Å². The molecule has 15 heavy (non-hydrogen) atoms. The number of oxime groups is 1. The van der Waals surface area contributed by atoms with E-state index in [1.54, 1.807) is 13.3 Å². The van der Waals surface area contributed by atoms with Crippen LogP contribution in [0.1, 0.15) is 11.5 Å². The number of anilines is 1. The zero-order valence-corrected chi connectivity index (χ0v) is 8.69. The average molecular weight is 207 g/mol. The molecule has 0 atom stereocenters. The molecular weight excluding hydrogens is 194 g/mol. The Kier molecular flexibility index (Phi) is 3.61. The van der Waals surface area contributed by atoms with Gasteiger partial charge in [0.1, 0.15) is 18.5 Å². The van der Waals surface area contributed by atoms with Crippen LogP contribution in [-0.2, 0) is 4.84 Å². The molecule has 6 nitrogen and oxygen atoms in total. The van der Waals surface area contributed by atoms with Gasteiger partial charge in [-0.25, -0.2) is 4.98 Å². The lowest BCUT2D eigenvalue weighted by Crippen LogP contribution is -2.00. The summed E-state index contributed by atoms with van der Waals surface area (Å²) in [5.41, 5.74) is 6.78. The van der Waals surface area contributed by atoms with Crippen LogP contribution in [0.15, 0.2) is 22.8 Å². The molecular formula is C9H13N5O. The second kappa shape index (κ2) is 4.94. The fraction of sp³-hybridized carbons (Fsp3) is 0.222. The number of aromatic nitrogens is 2. The van der Waals surface area contributed by atoms with E-state index in [0.717, 1.165) is 0 Å². The van der Waals surface area contributed by atoms with Crippen molar-refractivity contribution in [1.82, 2.24) is 9.97 Å². The summed E-state index contributed by atoms with van der Waals surface area (Å²) < 4.78 is 0. The van der Waals surface area contributed by atoms with Crippen LogP contribution in [0.3, 0.4) is 0 Å². The van der Waals surface area contributed by atoms with E-state index in [0.29, 0.717) is 23.0 Å². The van der Waals surface area contributed by atoms with Crippen LogP contribution < -0.4 is 5.73 Å². The monoisotopic (exact) mass is 207 g/mol. The number of hydrogen-bond acceptors (Lipinski definition) is 5. The van der Waals surface area contributed by atoms with Crippen LogP contribution in [-0.4, -0.2) is 36.1 Å². The number of allylic oxidation sites excluding steroid dienone is 1. The first-order valence-corrected chi connectivity index (χ1v) is 4.24. The van der Waals surface area contributed by atoms with E-state index in [1.807, 2.05) is 0 Å². The topological polar surface area (TPSA) is 88.7 Å². The van der Waals surface area contributed by atoms with Gasteiger partial charge in [0.05, 0.1) is 0 Å². The smallest absolute Gasteiger partial charge is 0.162 e. The molecule has 0 saturated heterocycles. The summed E-state index contributed by atoms with van der Waals surface area (Å²) in [6, 6.07) is 0. The second-order valence-electron chi connectivity index (χ2n) is 2.63. The van der Waals surface area contributed by atoms with E-state index in [4.69, 9.17) is 5.73 Å². The number of nitrogens with two attached hydrogens (primary N) is 1. The summed E-state index contributed by atoms with van der Waals surface area (Å²) in [7, 11) is 3.10. The van der Waals surface area contributed by atoms with Crippen molar-refractivity contribution >= 4 is 17.7 Å². The number of aliphatic imine (C=N–C) groups is 1. The third-order valence-electron chi connectivity index (χ3n) is 1.65. The summed E-state index contributed by atoms with van der Waals surface area (Å²) in [6.45, 7) is 3.60. The number of rotatable bonds is 4. The van der Waals surface area contributed by atoms with Crippen LogP contribution in [0.25, 0.3) is 0 Å². The van der Waals surface area contributed by atoms with E-state index in [1.165, 1.54) is 13.2 Å². The van der Waals surface area contributed by atoms with E-state index in [9.17, 15) is 0 Å². The number of nitrogen functional groups attached to an aromatic ring is 1. The largest absolute Gasteiger partial charge is 0.399 e. The molecule has 0 aliphatic heterocycles. The Morgan fingerprint density at radius 1 is 1.67 bits per heavy atom. The maximum Gasteiger partial charge on any atom is 0.162 e. The molecule has 0 aliphatic rings. The number of imidazole rings is 1. The van der Waals surface area contributed by atoms with Crippen molar-refractivity contribution in [2.75, 3.05) is 19.9 Å². The maximum absolute atomic E-state index is 5.65. The van der Waals surface area contributed by atoms with Gasteiger partial charge in [0.2, 0.25) is 0 Å². The lowest BCUT2D eigenvalue weighted by Gasteiger charge is -1.93. The van der Waals surface area contributed by atoms with E-state index >= 15 is 0 Å². The Morgan fingerprint density at radius 2 is 2.40 bits per heavy atom. The van der Waals surface area contributed by atoms with Crippen LogP contribution in [0.2, 0.25) is 0 Å². The van der Waals surface area contributed by atoms with E-state index < -0.39 is 0 Å².